The van der Waals surface area contributed by atoms with Crippen molar-refractivity contribution in [3.63, 3.8) is 0 Å². The van der Waals surface area contributed by atoms with Crippen LogP contribution in [0.25, 0.3) is 0 Å². The van der Waals surface area contributed by atoms with Crippen LogP contribution in [-0.2, 0) is 12.7 Å². The molecule has 2 rings (SSSR count). The minimum atomic E-state index is -4.67. The third kappa shape index (κ3) is 2.46. The lowest BCUT2D eigenvalue weighted by Gasteiger charge is -2.25. The van der Waals surface area contributed by atoms with Crippen LogP contribution >= 0.6 is 0 Å². The van der Waals surface area contributed by atoms with Crippen LogP contribution in [-0.4, -0.2) is 20.9 Å². The number of aryl methyl sites for hydroxylation is 1. The van der Waals surface area contributed by atoms with Crippen LogP contribution in [0.3, 0.4) is 0 Å². The number of amides is 1. The summed E-state index contributed by atoms with van der Waals surface area (Å²) in [5, 5.41) is 6.60. The van der Waals surface area contributed by atoms with Crippen LogP contribution in [0.2, 0.25) is 0 Å². The molecule has 1 aliphatic rings. The molecule has 1 amide bonds. The predicted molar refractivity (Wildman–Crippen MR) is 55.5 cm³/mol. The Kier molecular flexibility index (Phi) is 3.27. The summed E-state index contributed by atoms with van der Waals surface area (Å²) in [7, 11) is 0. The lowest BCUT2D eigenvalue weighted by Crippen LogP contribution is -2.23. The third-order valence-corrected chi connectivity index (χ3v) is 3.21. The van der Waals surface area contributed by atoms with Gasteiger partial charge < -0.3 is 5.73 Å². The first-order valence-corrected chi connectivity index (χ1v) is 5.70. The van der Waals surface area contributed by atoms with Gasteiger partial charge in [-0.2, -0.15) is 13.2 Å². The largest absolute Gasteiger partial charge is 0.435 e. The van der Waals surface area contributed by atoms with Crippen molar-refractivity contribution in [1.29, 1.82) is 0 Å². The number of hydrogen-bond acceptors (Lipinski definition) is 3. The fourth-order valence-corrected chi connectivity index (χ4v) is 2.00. The fraction of sp³-hybridized carbons (Fsp3) is 0.700. The number of hydrogen-bond donors (Lipinski definition) is 1. The summed E-state index contributed by atoms with van der Waals surface area (Å²) < 4.78 is 39.2. The number of nitrogens with zero attached hydrogens (tertiary/aromatic N) is 3. The first kappa shape index (κ1) is 12.8. The number of carbonyl (C=O) groups excluding carboxylic acids is 1. The molecule has 0 aromatic carbocycles. The topological polar surface area (TPSA) is 73.8 Å². The van der Waals surface area contributed by atoms with Gasteiger partial charge >= 0.3 is 6.18 Å². The molecular formula is C10H13F3N4O. The maximum absolute atomic E-state index is 12.8. The van der Waals surface area contributed by atoms with Gasteiger partial charge in [-0.15, -0.1) is 5.10 Å². The molecule has 1 aromatic heterocycles. The van der Waals surface area contributed by atoms with Gasteiger partial charge in [0.05, 0.1) is 0 Å². The zero-order valence-corrected chi connectivity index (χ0v) is 9.57. The first-order chi connectivity index (χ1) is 8.39. The Morgan fingerprint density at radius 2 is 2.11 bits per heavy atom. The molecule has 0 bridgehead atoms. The zero-order valence-electron chi connectivity index (χ0n) is 9.57. The van der Waals surface area contributed by atoms with Crippen molar-refractivity contribution in [2.45, 2.75) is 38.4 Å². The number of aromatic nitrogens is 3. The highest BCUT2D eigenvalue weighted by molar-refractivity contribution is 5.91. The minimum Gasteiger partial charge on any atom is -0.364 e. The van der Waals surface area contributed by atoms with Crippen molar-refractivity contribution in [3.05, 3.63) is 11.4 Å². The van der Waals surface area contributed by atoms with E-state index in [9.17, 15) is 18.0 Å². The Hall–Kier alpha value is -1.60. The minimum absolute atomic E-state index is 0.111. The van der Waals surface area contributed by atoms with Gasteiger partial charge in [0.1, 0.15) is 0 Å². The van der Waals surface area contributed by atoms with Crippen molar-refractivity contribution in [2.75, 3.05) is 0 Å². The van der Waals surface area contributed by atoms with Crippen molar-refractivity contribution in [1.82, 2.24) is 15.0 Å². The molecule has 0 atom stereocenters. The van der Waals surface area contributed by atoms with E-state index < -0.39 is 23.5 Å². The number of carbonyl (C=O) groups is 1. The maximum atomic E-state index is 12.8. The second-order valence-electron chi connectivity index (χ2n) is 4.46. The van der Waals surface area contributed by atoms with Crippen molar-refractivity contribution < 1.29 is 18.0 Å². The van der Waals surface area contributed by atoms with Crippen LogP contribution in [0.5, 0.6) is 0 Å². The Balaban J connectivity index is 2.20. The highest BCUT2D eigenvalue weighted by Gasteiger charge is 2.41. The fourth-order valence-electron chi connectivity index (χ4n) is 2.00. The van der Waals surface area contributed by atoms with Gasteiger partial charge in [-0.25, -0.2) is 4.68 Å². The molecule has 1 aliphatic carbocycles. The van der Waals surface area contributed by atoms with E-state index in [0.717, 1.165) is 23.9 Å². The van der Waals surface area contributed by atoms with E-state index in [1.165, 1.54) is 0 Å². The van der Waals surface area contributed by atoms with Gasteiger partial charge in [-0.1, -0.05) is 24.5 Å². The van der Waals surface area contributed by atoms with Crippen LogP contribution < -0.4 is 5.73 Å². The number of rotatable bonds is 4. The summed E-state index contributed by atoms with van der Waals surface area (Å²) in [5.74, 6) is -0.760. The first-order valence-electron chi connectivity index (χ1n) is 5.70. The highest BCUT2D eigenvalue weighted by Crippen LogP contribution is 2.33. The average Bonchev–Trinajstić information content (AvgIpc) is 2.58. The Labute approximate surface area is 101 Å². The number of alkyl halides is 3. The Morgan fingerprint density at radius 1 is 1.44 bits per heavy atom. The van der Waals surface area contributed by atoms with Crippen molar-refractivity contribution in [2.24, 2.45) is 11.7 Å². The van der Waals surface area contributed by atoms with Crippen LogP contribution in [0, 0.1) is 5.92 Å². The predicted octanol–water partition coefficient (Wildman–Crippen LogP) is 1.59. The zero-order chi connectivity index (χ0) is 13.3. The van der Waals surface area contributed by atoms with Gasteiger partial charge in [0, 0.05) is 6.54 Å². The summed E-state index contributed by atoms with van der Waals surface area (Å²) in [4.78, 5) is 10.9. The molecule has 0 spiro atoms. The molecule has 1 fully saturated rings. The van der Waals surface area contributed by atoms with Crippen molar-refractivity contribution >= 4 is 5.91 Å². The lowest BCUT2D eigenvalue weighted by molar-refractivity contribution is -0.144. The SMILES string of the molecule is NC(=O)c1nnn(CCC2CCC2)c1C(F)(F)F. The molecule has 100 valence electrons. The molecule has 18 heavy (non-hydrogen) atoms. The van der Waals surface area contributed by atoms with Gasteiger partial charge in [-0.05, 0) is 12.3 Å². The molecule has 8 heteroatoms. The summed E-state index contributed by atoms with van der Waals surface area (Å²) in [6.45, 7) is 0.111. The van der Waals surface area contributed by atoms with E-state index in [1.54, 1.807) is 0 Å². The molecule has 1 saturated carbocycles. The smallest absolute Gasteiger partial charge is 0.364 e. The number of halogens is 3. The number of nitrogens with two attached hydrogens (primary N) is 1. The van der Waals surface area contributed by atoms with Gasteiger partial charge in [0.25, 0.3) is 5.91 Å². The van der Waals surface area contributed by atoms with E-state index in [4.69, 9.17) is 5.73 Å². The van der Waals surface area contributed by atoms with Crippen molar-refractivity contribution in [3.8, 4) is 0 Å². The quantitative estimate of drug-likeness (QED) is 0.895. The van der Waals surface area contributed by atoms with E-state index in [-0.39, 0.29) is 6.54 Å². The second-order valence-corrected chi connectivity index (χ2v) is 4.46. The molecule has 1 aromatic rings. The molecule has 0 unspecified atom stereocenters. The van der Waals surface area contributed by atoms with E-state index in [1.807, 2.05) is 0 Å². The summed E-state index contributed by atoms with van der Waals surface area (Å²) >= 11 is 0. The Bertz CT molecular complexity index is 450. The molecule has 0 aliphatic heterocycles. The van der Waals surface area contributed by atoms with Crippen LogP contribution in [0.4, 0.5) is 13.2 Å². The Morgan fingerprint density at radius 3 is 2.56 bits per heavy atom. The molecule has 0 saturated heterocycles. The molecule has 2 N–H and O–H groups in total. The van der Waals surface area contributed by atoms with E-state index in [0.29, 0.717) is 12.3 Å². The van der Waals surface area contributed by atoms with E-state index >= 15 is 0 Å². The number of primary amides is 1. The molecule has 5 nitrogen and oxygen atoms in total. The maximum Gasteiger partial charge on any atom is 0.435 e. The standard InChI is InChI=1S/C10H13F3N4O/c11-10(12,13)8-7(9(14)18)15-16-17(8)5-4-6-2-1-3-6/h6H,1-5H2,(H2,14,18). The van der Waals surface area contributed by atoms with Crippen LogP contribution in [0.15, 0.2) is 0 Å². The molecule has 0 radical (unpaired) electrons. The second kappa shape index (κ2) is 4.58. The summed E-state index contributed by atoms with van der Waals surface area (Å²) in [6.07, 6.45) is -0.851. The third-order valence-electron chi connectivity index (χ3n) is 3.21. The molecular weight excluding hydrogens is 249 g/mol. The monoisotopic (exact) mass is 262 g/mol. The normalized spacial score (nSPS) is 16.6. The molecule has 1 heterocycles. The van der Waals surface area contributed by atoms with E-state index in [2.05, 4.69) is 10.3 Å². The van der Waals surface area contributed by atoms with Crippen LogP contribution in [0.1, 0.15) is 41.9 Å². The summed E-state index contributed by atoms with van der Waals surface area (Å²) in [6, 6.07) is 0. The summed E-state index contributed by atoms with van der Waals surface area (Å²) in [5.41, 5.74) is 2.91. The highest BCUT2D eigenvalue weighted by atomic mass is 19.4. The lowest BCUT2D eigenvalue weighted by atomic mass is 9.83. The van der Waals surface area contributed by atoms with Gasteiger partial charge in [-0.3, -0.25) is 4.79 Å². The average molecular weight is 262 g/mol. The van der Waals surface area contributed by atoms with Gasteiger partial charge in [0.15, 0.2) is 11.4 Å². The van der Waals surface area contributed by atoms with Gasteiger partial charge in [0.2, 0.25) is 0 Å².